The molecule has 8 aromatic rings. The Morgan fingerprint density at radius 3 is 1.05 bits per heavy atom. The summed E-state index contributed by atoms with van der Waals surface area (Å²) in [5.74, 6) is -0.819. The molecule has 1 radical (unpaired) electrons. The van der Waals surface area contributed by atoms with E-state index in [4.69, 9.17) is 37.3 Å². The van der Waals surface area contributed by atoms with Crippen LogP contribution >= 0.6 is 0 Å². The van der Waals surface area contributed by atoms with Gasteiger partial charge in [-0.15, -0.1) is 27.8 Å². The summed E-state index contributed by atoms with van der Waals surface area (Å²) in [6, 6.07) is 42.8. The number of aromatic nitrogens is 4. The number of ether oxygens (including phenoxy) is 1. The van der Waals surface area contributed by atoms with Gasteiger partial charge in [0.05, 0.1) is 22.8 Å². The molecule has 0 saturated carbocycles. The monoisotopic (exact) mass is 1220 g/mol. The van der Waals surface area contributed by atoms with Gasteiger partial charge in [0.1, 0.15) is 5.75 Å². The number of anilines is 5. The topological polar surface area (TPSA) is 209 Å². The van der Waals surface area contributed by atoms with Crippen molar-refractivity contribution in [3.05, 3.63) is 168 Å². The maximum Gasteiger partial charge on any atom is 3.00 e. The van der Waals surface area contributed by atoms with Crippen LogP contribution in [-0.4, -0.2) is 46.1 Å². The third-order valence-electron chi connectivity index (χ3n) is 14.4. The fourth-order valence-corrected chi connectivity index (χ4v) is 10.1. The van der Waals surface area contributed by atoms with Crippen molar-refractivity contribution in [2.45, 2.75) is 75.0 Å². The first kappa shape index (κ1) is 62.3. The predicted molar refractivity (Wildman–Crippen MR) is 349 cm³/mol. The second kappa shape index (κ2) is 25.4. The van der Waals surface area contributed by atoms with Gasteiger partial charge in [-0.05, 0) is 88.5 Å². The van der Waals surface area contributed by atoms with E-state index < -0.39 is 22.2 Å². The van der Waals surface area contributed by atoms with E-state index in [-0.39, 0.29) is 53.1 Å². The zero-order valence-electron chi connectivity index (χ0n) is 50.0. The van der Waals surface area contributed by atoms with Crippen LogP contribution < -0.4 is 41.3 Å². The number of carbonyl (C=O) groups excluding carboxylic acids is 5. The summed E-state index contributed by atoms with van der Waals surface area (Å²) in [6.07, 6.45) is 7.64. The fraction of sp³-hybridized carbons (Fsp3) is 0.214. The first-order valence-electron chi connectivity index (χ1n) is 28.2. The minimum Gasteiger partial charge on any atom is -0.788 e. The van der Waals surface area contributed by atoms with Crippen LogP contribution in [0.1, 0.15) is 97.6 Å². The van der Waals surface area contributed by atoms with Crippen LogP contribution in [0.25, 0.3) is 90.9 Å². The molecule has 0 aliphatic carbocycles. The number of nitrogens with one attached hydrogen (secondary N) is 5. The zero-order valence-corrected chi connectivity index (χ0v) is 51.9. The molecule has 0 saturated heterocycles. The first-order chi connectivity index (χ1) is 41.0. The summed E-state index contributed by atoms with van der Waals surface area (Å²) in [6.45, 7) is 17.7. The first-order valence-corrected chi connectivity index (χ1v) is 28.8. The van der Waals surface area contributed by atoms with Crippen molar-refractivity contribution < 1.29 is 45.8 Å². The van der Waals surface area contributed by atoms with Crippen LogP contribution in [0.15, 0.2) is 140 Å². The van der Waals surface area contributed by atoms with Crippen molar-refractivity contribution in [1.29, 1.82) is 0 Å². The Labute approximate surface area is 522 Å². The molecule has 441 valence electrons. The van der Waals surface area contributed by atoms with E-state index in [9.17, 15) is 24.0 Å². The van der Waals surface area contributed by atoms with E-state index in [0.717, 1.165) is 0 Å². The van der Waals surface area contributed by atoms with Crippen LogP contribution in [0.2, 0.25) is 0 Å². The van der Waals surface area contributed by atoms with Gasteiger partial charge < -0.3 is 53.9 Å². The quantitative estimate of drug-likeness (QED) is 0.0542. The van der Waals surface area contributed by atoms with E-state index in [1.165, 1.54) is 6.92 Å². The summed E-state index contributed by atoms with van der Waals surface area (Å²) in [4.78, 5) is 89.7. The molecule has 2 aliphatic rings. The van der Waals surface area contributed by atoms with Crippen molar-refractivity contribution in [1.82, 2.24) is 19.9 Å². The molecule has 5 heterocycles. The SMILES string of the molecule is CC(=O)Nc1cccc(OCC(=O)Nc2ccccc2-c2c3nc(c(-c4ccccc4NC(=O)C(C)(C)C)c4ccc([n-]4)c(-c4ccccc4NC(=O)C(C)(C)C)c4nc(c(-c5ccccc5NC(=O)C(C)(C)C)c5ccc2[n-]5)C=C4)C=C3)c1C[S-].[Fe+3]. The van der Waals surface area contributed by atoms with Gasteiger partial charge in [0.15, 0.2) is 6.61 Å². The van der Waals surface area contributed by atoms with Crippen LogP contribution in [0, 0.1) is 16.2 Å². The number of para-hydroxylation sites is 4. The van der Waals surface area contributed by atoms with Gasteiger partial charge in [0.25, 0.3) is 5.91 Å². The minimum atomic E-state index is -0.738. The maximum absolute atomic E-state index is 14.2. The molecule has 0 atom stereocenters. The van der Waals surface area contributed by atoms with Gasteiger partial charge in [-0.25, -0.2) is 9.97 Å². The van der Waals surface area contributed by atoms with Gasteiger partial charge >= 0.3 is 17.1 Å². The molecular weight excluding hydrogens is 1150 g/mol. The molecule has 0 spiro atoms. The Morgan fingerprint density at radius 1 is 0.425 bits per heavy atom. The Morgan fingerprint density at radius 2 is 0.736 bits per heavy atom. The smallest absolute Gasteiger partial charge is 0.788 e. The molecule has 15 nitrogen and oxygen atoms in total. The minimum absolute atomic E-state index is 0. The normalized spacial score (nSPS) is 12.0. The summed E-state index contributed by atoms with van der Waals surface area (Å²) in [7, 11) is 0. The number of nitrogens with zero attached hydrogens (tertiary/aromatic N) is 4. The maximum atomic E-state index is 14.2. The number of hydrogen-bond acceptors (Lipinski definition) is 9. The predicted octanol–water partition coefficient (Wildman–Crippen LogP) is 14.6. The molecule has 17 heteroatoms. The second-order valence-electron chi connectivity index (χ2n) is 24.1. The molecule has 5 N–H and O–H groups in total. The van der Waals surface area contributed by atoms with Crippen LogP contribution in [0.4, 0.5) is 28.4 Å². The summed E-state index contributed by atoms with van der Waals surface area (Å²) in [5.41, 5.74) is 9.96. The van der Waals surface area contributed by atoms with Crippen molar-refractivity contribution in [2.24, 2.45) is 16.2 Å². The number of rotatable bonds is 13. The molecule has 87 heavy (non-hydrogen) atoms. The Balaban J connectivity index is 0.00000902. The molecule has 3 aromatic heterocycles. The molecular formula is C70H66FeN9O6S. The van der Waals surface area contributed by atoms with Gasteiger partial charge in [-0.1, -0.05) is 165 Å². The van der Waals surface area contributed by atoms with E-state index in [1.54, 1.807) is 24.3 Å². The Kier molecular flexibility index (Phi) is 18.1. The number of fused-ring (bicyclic) bond motifs is 8. The van der Waals surface area contributed by atoms with E-state index in [2.05, 4.69) is 26.6 Å². The summed E-state index contributed by atoms with van der Waals surface area (Å²) in [5, 5.41) is 15.5. The number of benzene rings is 5. The van der Waals surface area contributed by atoms with Crippen molar-refractivity contribution in [3.63, 3.8) is 0 Å². The third-order valence-corrected chi connectivity index (χ3v) is 14.7. The third kappa shape index (κ3) is 13.6. The second-order valence-corrected chi connectivity index (χ2v) is 24.4. The average Bonchev–Trinajstić information content (AvgIpc) is 2.07. The molecule has 8 bridgehead atoms. The van der Waals surface area contributed by atoms with Crippen LogP contribution in [0.5, 0.6) is 5.75 Å². The summed E-state index contributed by atoms with van der Waals surface area (Å²) >= 11 is 5.43. The number of carbonyl (C=O) groups is 5. The molecule has 10 rings (SSSR count). The largest absolute Gasteiger partial charge is 3.00 e. The summed E-state index contributed by atoms with van der Waals surface area (Å²) < 4.78 is 6.10. The van der Waals surface area contributed by atoms with E-state index in [0.29, 0.717) is 129 Å². The van der Waals surface area contributed by atoms with Gasteiger partial charge in [-0.3, -0.25) is 24.0 Å². The molecule has 5 aromatic carbocycles. The zero-order chi connectivity index (χ0) is 61.2. The van der Waals surface area contributed by atoms with Gasteiger partial charge in [0, 0.05) is 73.9 Å². The van der Waals surface area contributed by atoms with Crippen molar-refractivity contribution in [3.8, 4) is 50.3 Å². The number of hydrogen-bond donors (Lipinski definition) is 5. The van der Waals surface area contributed by atoms with Gasteiger partial charge in [-0.2, -0.15) is 0 Å². The van der Waals surface area contributed by atoms with Crippen LogP contribution in [-0.2, 0) is 59.4 Å². The molecule has 2 aliphatic heterocycles. The van der Waals surface area contributed by atoms with Gasteiger partial charge in [0.2, 0.25) is 23.6 Å². The molecule has 5 amide bonds. The molecule has 0 unspecified atom stereocenters. The van der Waals surface area contributed by atoms with Crippen molar-refractivity contribution >= 4 is 117 Å². The number of amides is 5. The van der Waals surface area contributed by atoms with E-state index in [1.807, 2.05) is 202 Å². The van der Waals surface area contributed by atoms with E-state index >= 15 is 0 Å². The molecule has 0 fully saturated rings. The standard InChI is InChI=1S/C70H69N9O6S.Fe/c1-40(80)71-50-28-19-29-59(45(50)39-86)85-38-60(81)76-46-24-15-11-20-41(46)61-51-30-32-53(72-51)62(42-21-12-16-25-47(42)77-65(82)68(2,3)4)55-34-36-57(74-55)64(44-23-14-18-27-49(44)79-67(84)70(8,9)10)58-37-35-56(75-58)63(54-33-31-52(61)73-54)43-22-13-17-26-48(43)78-66(83)69(5,6)7;/h11-37H,38-39H2,1-10H3,(H8,71,72,73,74,75,76,77,78,79,80,81,82,83,84,86);/q;+3/p-3. The van der Waals surface area contributed by atoms with Crippen molar-refractivity contribution in [2.75, 3.05) is 33.2 Å². The van der Waals surface area contributed by atoms with Crippen LogP contribution in [0.3, 0.4) is 0 Å². The fourth-order valence-electron chi connectivity index (χ4n) is 9.85. The Bertz CT molecular complexity index is 4220. The Hall–Kier alpha value is -9.28. The average molecular weight is 1220 g/mol.